The molecule has 1 aromatic carbocycles. The van der Waals surface area contributed by atoms with E-state index in [4.69, 9.17) is 15.2 Å². The van der Waals surface area contributed by atoms with Crippen molar-refractivity contribution in [1.82, 2.24) is 5.32 Å². The molecule has 0 bridgehead atoms. The van der Waals surface area contributed by atoms with Gasteiger partial charge in [-0.3, -0.25) is 9.59 Å². The number of rotatable bonds is 4. The van der Waals surface area contributed by atoms with Crippen molar-refractivity contribution in [3.63, 3.8) is 0 Å². The molecule has 1 aromatic rings. The molecule has 1 amide bonds. The first-order valence-electron chi connectivity index (χ1n) is 6.50. The number of carbonyl (C=O) groups excluding carboxylic acids is 2. The lowest BCUT2D eigenvalue weighted by molar-refractivity contribution is -0.121. The van der Waals surface area contributed by atoms with Crippen LogP contribution in [0.5, 0.6) is 11.5 Å². The number of fused-ring (bicyclic) bond motifs is 1. The van der Waals surface area contributed by atoms with Crippen LogP contribution in [0.15, 0.2) is 18.2 Å². The number of Topliss-reactive ketones (excluding diaryl/α,β-unsaturated/α-hetero) is 1. The van der Waals surface area contributed by atoms with Crippen LogP contribution in [-0.4, -0.2) is 38.0 Å². The molecule has 1 aliphatic heterocycles. The van der Waals surface area contributed by atoms with Crippen LogP contribution >= 0.6 is 0 Å². The molecule has 0 spiro atoms. The lowest BCUT2D eigenvalue weighted by Crippen LogP contribution is -2.41. The van der Waals surface area contributed by atoms with Crippen LogP contribution in [0.4, 0.5) is 0 Å². The first-order valence-corrected chi connectivity index (χ1v) is 6.50. The van der Waals surface area contributed by atoms with Crippen LogP contribution in [0.3, 0.4) is 0 Å². The fraction of sp³-hybridized carbons (Fsp3) is 0.429. The summed E-state index contributed by atoms with van der Waals surface area (Å²) in [4.78, 5) is 24.1. The maximum atomic E-state index is 12.5. The number of carbonyl (C=O) groups is 2. The second-order valence-electron chi connectivity index (χ2n) is 4.52. The van der Waals surface area contributed by atoms with Gasteiger partial charge in [0.15, 0.2) is 5.78 Å². The van der Waals surface area contributed by atoms with E-state index in [1.54, 1.807) is 18.2 Å². The Morgan fingerprint density at radius 3 is 3.05 bits per heavy atom. The molecule has 3 N–H and O–H groups in total. The van der Waals surface area contributed by atoms with Crippen molar-refractivity contribution in [2.24, 2.45) is 5.73 Å². The maximum Gasteiger partial charge on any atom is 0.221 e. The van der Waals surface area contributed by atoms with E-state index in [0.717, 1.165) is 0 Å². The SMILES string of the molecule is COc1ccc2c(c1)C(=O)C(NC(=O)CCN)CCO2. The van der Waals surface area contributed by atoms with Gasteiger partial charge in [-0.2, -0.15) is 0 Å². The highest BCUT2D eigenvalue weighted by molar-refractivity contribution is 6.04. The molecule has 2 rings (SSSR count). The maximum absolute atomic E-state index is 12.5. The van der Waals surface area contributed by atoms with Gasteiger partial charge < -0.3 is 20.5 Å². The molecule has 1 atom stereocenters. The molecule has 108 valence electrons. The van der Waals surface area contributed by atoms with E-state index < -0.39 is 6.04 Å². The van der Waals surface area contributed by atoms with Gasteiger partial charge in [0, 0.05) is 19.4 Å². The van der Waals surface area contributed by atoms with E-state index in [9.17, 15) is 9.59 Å². The van der Waals surface area contributed by atoms with Crippen molar-refractivity contribution in [1.29, 1.82) is 0 Å². The summed E-state index contributed by atoms with van der Waals surface area (Å²) in [7, 11) is 1.53. The Balaban J connectivity index is 2.22. The third kappa shape index (κ3) is 3.08. The third-order valence-electron chi connectivity index (χ3n) is 3.14. The summed E-state index contributed by atoms with van der Waals surface area (Å²) in [6.45, 7) is 0.631. The average Bonchev–Trinajstić information content (AvgIpc) is 2.59. The molecule has 1 heterocycles. The lowest BCUT2D eigenvalue weighted by atomic mass is 10.0. The fourth-order valence-electron chi connectivity index (χ4n) is 2.10. The molecule has 0 aliphatic carbocycles. The topological polar surface area (TPSA) is 90.7 Å². The summed E-state index contributed by atoms with van der Waals surface area (Å²) >= 11 is 0. The van der Waals surface area contributed by atoms with Gasteiger partial charge in [-0.1, -0.05) is 0 Å². The number of hydrogen-bond acceptors (Lipinski definition) is 5. The average molecular weight is 278 g/mol. The van der Waals surface area contributed by atoms with Crippen molar-refractivity contribution in [2.45, 2.75) is 18.9 Å². The molecule has 6 heteroatoms. The summed E-state index contributed by atoms with van der Waals surface area (Å²) in [6.07, 6.45) is 0.641. The van der Waals surface area contributed by atoms with E-state index in [1.165, 1.54) is 7.11 Å². The molecule has 1 aliphatic rings. The highest BCUT2D eigenvalue weighted by Crippen LogP contribution is 2.28. The van der Waals surface area contributed by atoms with Gasteiger partial charge in [0.2, 0.25) is 5.91 Å². The number of amides is 1. The van der Waals surface area contributed by atoms with Crippen LogP contribution in [-0.2, 0) is 4.79 Å². The van der Waals surface area contributed by atoms with Crippen molar-refractivity contribution < 1.29 is 19.1 Å². The number of methoxy groups -OCH3 is 1. The summed E-state index contributed by atoms with van der Waals surface area (Å²) in [5.41, 5.74) is 5.76. The summed E-state index contributed by atoms with van der Waals surface area (Å²) in [6, 6.07) is 4.49. The Hall–Kier alpha value is -2.08. The fourth-order valence-corrected chi connectivity index (χ4v) is 2.10. The molecule has 0 saturated heterocycles. The zero-order valence-corrected chi connectivity index (χ0v) is 11.3. The Morgan fingerprint density at radius 2 is 2.35 bits per heavy atom. The van der Waals surface area contributed by atoms with E-state index >= 15 is 0 Å². The van der Waals surface area contributed by atoms with Crippen LogP contribution in [0.1, 0.15) is 23.2 Å². The smallest absolute Gasteiger partial charge is 0.221 e. The molecule has 1 unspecified atom stereocenters. The second-order valence-corrected chi connectivity index (χ2v) is 4.52. The van der Waals surface area contributed by atoms with Crippen molar-refractivity contribution in [2.75, 3.05) is 20.3 Å². The Labute approximate surface area is 117 Å². The molecule has 0 radical (unpaired) electrons. The predicted octanol–water partition coefficient (Wildman–Crippen LogP) is 0.494. The molecule has 6 nitrogen and oxygen atoms in total. The molecule has 0 saturated carbocycles. The zero-order chi connectivity index (χ0) is 14.5. The second kappa shape index (κ2) is 6.38. The van der Waals surface area contributed by atoms with E-state index in [-0.39, 0.29) is 24.7 Å². The normalized spacial score (nSPS) is 17.7. The van der Waals surface area contributed by atoms with Crippen LogP contribution in [0.2, 0.25) is 0 Å². The van der Waals surface area contributed by atoms with Gasteiger partial charge in [-0.25, -0.2) is 0 Å². The van der Waals surface area contributed by atoms with Crippen LogP contribution in [0.25, 0.3) is 0 Å². The molecular weight excluding hydrogens is 260 g/mol. The number of hydrogen-bond donors (Lipinski definition) is 2. The Morgan fingerprint density at radius 1 is 1.55 bits per heavy atom. The number of nitrogens with two attached hydrogens (primary N) is 1. The van der Waals surface area contributed by atoms with Gasteiger partial charge >= 0.3 is 0 Å². The Bertz CT molecular complexity index is 516. The minimum Gasteiger partial charge on any atom is -0.497 e. The number of nitrogens with one attached hydrogen (secondary N) is 1. The van der Waals surface area contributed by atoms with Crippen molar-refractivity contribution >= 4 is 11.7 Å². The van der Waals surface area contributed by atoms with E-state index in [2.05, 4.69) is 5.32 Å². The number of ether oxygens (including phenoxy) is 2. The molecule has 0 fully saturated rings. The highest BCUT2D eigenvalue weighted by Gasteiger charge is 2.28. The Kier molecular flexibility index (Phi) is 4.57. The minimum atomic E-state index is -0.581. The molecular formula is C14H18N2O4. The molecule has 20 heavy (non-hydrogen) atoms. The predicted molar refractivity (Wildman–Crippen MR) is 73.0 cm³/mol. The zero-order valence-electron chi connectivity index (χ0n) is 11.3. The van der Waals surface area contributed by atoms with Crippen LogP contribution in [0, 0.1) is 0 Å². The first kappa shape index (κ1) is 14.3. The monoisotopic (exact) mass is 278 g/mol. The third-order valence-corrected chi connectivity index (χ3v) is 3.14. The largest absolute Gasteiger partial charge is 0.497 e. The standard InChI is InChI=1S/C14H18N2O4/c1-19-9-2-3-12-10(8-9)14(18)11(5-7-20-12)16-13(17)4-6-15/h2-3,8,11H,4-7,15H2,1H3,(H,16,17). The number of benzene rings is 1. The van der Waals surface area contributed by atoms with Gasteiger partial charge in [0.25, 0.3) is 0 Å². The quantitative estimate of drug-likeness (QED) is 0.836. The van der Waals surface area contributed by atoms with Crippen molar-refractivity contribution in [3.8, 4) is 11.5 Å². The van der Waals surface area contributed by atoms with Gasteiger partial charge in [0.05, 0.1) is 25.3 Å². The first-order chi connectivity index (χ1) is 9.65. The minimum absolute atomic E-state index is 0.165. The van der Waals surface area contributed by atoms with Gasteiger partial charge in [0.1, 0.15) is 11.5 Å². The van der Waals surface area contributed by atoms with Crippen molar-refractivity contribution in [3.05, 3.63) is 23.8 Å². The highest BCUT2D eigenvalue weighted by atomic mass is 16.5. The molecule has 0 aromatic heterocycles. The van der Waals surface area contributed by atoms with Gasteiger partial charge in [-0.05, 0) is 18.2 Å². The van der Waals surface area contributed by atoms with E-state index in [0.29, 0.717) is 30.1 Å². The van der Waals surface area contributed by atoms with E-state index in [1.807, 2.05) is 0 Å². The summed E-state index contributed by atoms with van der Waals surface area (Å²) in [5.74, 6) is 0.708. The van der Waals surface area contributed by atoms with Gasteiger partial charge in [-0.15, -0.1) is 0 Å². The van der Waals surface area contributed by atoms with Crippen LogP contribution < -0.4 is 20.5 Å². The lowest BCUT2D eigenvalue weighted by Gasteiger charge is -2.14. The summed E-state index contributed by atoms with van der Waals surface area (Å²) < 4.78 is 10.7. The number of ketones is 1. The summed E-state index contributed by atoms with van der Waals surface area (Å²) in [5, 5.41) is 2.70.